The van der Waals surface area contributed by atoms with Gasteiger partial charge in [0.15, 0.2) is 0 Å². The van der Waals surface area contributed by atoms with E-state index in [1.165, 1.54) is 16.5 Å². The highest BCUT2D eigenvalue weighted by Gasteiger charge is 2.11. The van der Waals surface area contributed by atoms with Gasteiger partial charge in [0.25, 0.3) is 0 Å². The van der Waals surface area contributed by atoms with E-state index in [9.17, 15) is 0 Å². The van der Waals surface area contributed by atoms with Gasteiger partial charge in [0.2, 0.25) is 5.89 Å². The Bertz CT molecular complexity index is 683. The number of hydrogen-bond acceptors (Lipinski definition) is 3. The van der Waals surface area contributed by atoms with E-state index in [4.69, 9.17) is 4.42 Å². The van der Waals surface area contributed by atoms with Gasteiger partial charge in [0.1, 0.15) is 5.76 Å². The standard InChI is InChI=1S/C15H17N3O/c1-10-7-18-15(19-10)11(2)16-8-12-9-17-14-6-4-3-5-13(12)14/h3-7,9,11,16-17H,8H2,1-2H3. The molecule has 1 atom stereocenters. The molecule has 4 nitrogen and oxygen atoms in total. The predicted octanol–water partition coefficient (Wildman–Crippen LogP) is 3.32. The maximum atomic E-state index is 5.52. The number of aromatic amines is 1. The molecule has 0 saturated heterocycles. The van der Waals surface area contributed by atoms with Crippen LogP contribution in [0, 0.1) is 6.92 Å². The van der Waals surface area contributed by atoms with E-state index in [-0.39, 0.29) is 6.04 Å². The second-order valence-electron chi connectivity index (χ2n) is 4.77. The molecule has 19 heavy (non-hydrogen) atoms. The van der Waals surface area contributed by atoms with Crippen LogP contribution in [0.5, 0.6) is 0 Å². The summed E-state index contributed by atoms with van der Waals surface area (Å²) in [7, 11) is 0. The van der Waals surface area contributed by atoms with Gasteiger partial charge in [-0.25, -0.2) is 4.98 Å². The molecule has 0 aliphatic carbocycles. The molecular formula is C15H17N3O. The number of rotatable bonds is 4. The zero-order valence-corrected chi connectivity index (χ0v) is 11.1. The van der Waals surface area contributed by atoms with Crippen LogP contribution in [0.15, 0.2) is 41.1 Å². The van der Waals surface area contributed by atoms with Crippen LogP contribution < -0.4 is 5.32 Å². The van der Waals surface area contributed by atoms with Gasteiger partial charge in [0.05, 0.1) is 12.2 Å². The van der Waals surface area contributed by atoms with Gasteiger partial charge >= 0.3 is 0 Å². The molecule has 2 heterocycles. The molecule has 0 amide bonds. The first-order chi connectivity index (χ1) is 9.24. The fourth-order valence-corrected chi connectivity index (χ4v) is 2.20. The zero-order chi connectivity index (χ0) is 13.2. The predicted molar refractivity (Wildman–Crippen MR) is 74.8 cm³/mol. The molecule has 2 N–H and O–H groups in total. The number of hydrogen-bond donors (Lipinski definition) is 2. The number of H-pyrrole nitrogens is 1. The largest absolute Gasteiger partial charge is 0.444 e. The summed E-state index contributed by atoms with van der Waals surface area (Å²) in [6.07, 6.45) is 3.80. The maximum absolute atomic E-state index is 5.52. The Morgan fingerprint density at radius 2 is 2.21 bits per heavy atom. The minimum Gasteiger partial charge on any atom is -0.444 e. The first kappa shape index (κ1) is 12.0. The van der Waals surface area contributed by atoms with Crippen LogP contribution in [-0.4, -0.2) is 9.97 Å². The van der Waals surface area contributed by atoms with E-state index in [2.05, 4.69) is 40.4 Å². The van der Waals surface area contributed by atoms with E-state index in [1.54, 1.807) is 6.20 Å². The van der Waals surface area contributed by atoms with Crippen molar-refractivity contribution in [3.05, 3.63) is 53.9 Å². The summed E-state index contributed by atoms with van der Waals surface area (Å²) in [5.41, 5.74) is 2.42. The van der Waals surface area contributed by atoms with Crippen molar-refractivity contribution in [3.63, 3.8) is 0 Å². The van der Waals surface area contributed by atoms with Crippen LogP contribution in [0.1, 0.15) is 30.2 Å². The molecule has 0 aliphatic rings. The Balaban J connectivity index is 1.72. The topological polar surface area (TPSA) is 53.9 Å². The van der Waals surface area contributed by atoms with Gasteiger partial charge < -0.3 is 14.7 Å². The highest BCUT2D eigenvalue weighted by molar-refractivity contribution is 5.82. The number of oxazole rings is 1. The van der Waals surface area contributed by atoms with Crippen LogP contribution in [0.4, 0.5) is 0 Å². The fourth-order valence-electron chi connectivity index (χ4n) is 2.20. The second kappa shape index (κ2) is 4.90. The molecule has 4 heteroatoms. The highest BCUT2D eigenvalue weighted by Crippen LogP contribution is 2.19. The number of aromatic nitrogens is 2. The molecule has 3 rings (SSSR count). The average Bonchev–Trinajstić information content (AvgIpc) is 3.02. The molecule has 0 saturated carbocycles. The number of fused-ring (bicyclic) bond motifs is 1. The van der Waals surface area contributed by atoms with Gasteiger partial charge in [0, 0.05) is 23.6 Å². The van der Waals surface area contributed by atoms with E-state index in [0.717, 1.165) is 18.2 Å². The second-order valence-corrected chi connectivity index (χ2v) is 4.77. The average molecular weight is 255 g/mol. The molecule has 0 fully saturated rings. The zero-order valence-electron chi connectivity index (χ0n) is 11.1. The van der Waals surface area contributed by atoms with Crippen molar-refractivity contribution in [2.75, 3.05) is 0 Å². The highest BCUT2D eigenvalue weighted by atomic mass is 16.4. The normalized spacial score (nSPS) is 12.9. The Morgan fingerprint density at radius 3 is 3.00 bits per heavy atom. The summed E-state index contributed by atoms with van der Waals surface area (Å²) in [4.78, 5) is 7.52. The number of benzene rings is 1. The van der Waals surface area contributed by atoms with Crippen molar-refractivity contribution in [1.82, 2.24) is 15.3 Å². The van der Waals surface area contributed by atoms with Gasteiger partial charge in [-0.15, -0.1) is 0 Å². The number of nitrogens with one attached hydrogen (secondary N) is 2. The molecule has 0 aliphatic heterocycles. The first-order valence-corrected chi connectivity index (χ1v) is 6.45. The van der Waals surface area contributed by atoms with Crippen molar-refractivity contribution in [3.8, 4) is 0 Å². The van der Waals surface area contributed by atoms with Gasteiger partial charge in [-0.3, -0.25) is 0 Å². The van der Waals surface area contributed by atoms with Crippen LogP contribution in [0.3, 0.4) is 0 Å². The van der Waals surface area contributed by atoms with E-state index in [1.807, 2.05) is 19.2 Å². The molecule has 0 bridgehead atoms. The van der Waals surface area contributed by atoms with Gasteiger partial charge in [-0.1, -0.05) is 18.2 Å². The lowest BCUT2D eigenvalue weighted by molar-refractivity contribution is 0.402. The van der Waals surface area contributed by atoms with Crippen molar-refractivity contribution < 1.29 is 4.42 Å². The summed E-state index contributed by atoms with van der Waals surface area (Å²) >= 11 is 0. The summed E-state index contributed by atoms with van der Waals surface area (Å²) in [6, 6.07) is 8.40. The Hall–Kier alpha value is -2.07. The third kappa shape index (κ3) is 2.39. The summed E-state index contributed by atoms with van der Waals surface area (Å²) < 4.78 is 5.52. The SMILES string of the molecule is Cc1cnc(C(C)NCc2c[nH]c3ccccc23)o1. The molecule has 2 aromatic heterocycles. The van der Waals surface area contributed by atoms with E-state index in [0.29, 0.717) is 0 Å². The fraction of sp³-hybridized carbons (Fsp3) is 0.267. The Labute approximate surface area is 111 Å². The summed E-state index contributed by atoms with van der Waals surface area (Å²) in [6.45, 7) is 4.75. The number of aryl methyl sites for hydroxylation is 1. The van der Waals surface area contributed by atoms with Crippen molar-refractivity contribution >= 4 is 10.9 Å². The molecule has 1 unspecified atom stereocenters. The van der Waals surface area contributed by atoms with Crippen LogP contribution in [0.25, 0.3) is 10.9 Å². The Kier molecular flexibility index (Phi) is 3.09. The minimum absolute atomic E-state index is 0.0994. The maximum Gasteiger partial charge on any atom is 0.211 e. The van der Waals surface area contributed by atoms with Crippen molar-refractivity contribution in [2.24, 2.45) is 0 Å². The Morgan fingerprint density at radius 1 is 1.37 bits per heavy atom. The number of nitrogens with zero attached hydrogens (tertiary/aromatic N) is 1. The summed E-state index contributed by atoms with van der Waals surface area (Å²) in [5.74, 6) is 1.58. The van der Waals surface area contributed by atoms with E-state index >= 15 is 0 Å². The minimum atomic E-state index is 0.0994. The van der Waals surface area contributed by atoms with E-state index < -0.39 is 0 Å². The monoisotopic (exact) mass is 255 g/mol. The number of para-hydroxylation sites is 1. The molecule has 1 aromatic carbocycles. The molecular weight excluding hydrogens is 238 g/mol. The summed E-state index contributed by atoms with van der Waals surface area (Å²) in [5, 5.41) is 4.69. The third-order valence-corrected chi connectivity index (χ3v) is 3.28. The quantitative estimate of drug-likeness (QED) is 0.752. The van der Waals surface area contributed by atoms with Crippen LogP contribution in [0.2, 0.25) is 0 Å². The van der Waals surface area contributed by atoms with Crippen molar-refractivity contribution in [2.45, 2.75) is 26.4 Å². The lowest BCUT2D eigenvalue weighted by Gasteiger charge is -2.09. The first-order valence-electron chi connectivity index (χ1n) is 6.45. The molecule has 98 valence electrons. The van der Waals surface area contributed by atoms with Crippen LogP contribution in [-0.2, 0) is 6.54 Å². The lowest BCUT2D eigenvalue weighted by atomic mass is 10.1. The van der Waals surface area contributed by atoms with Gasteiger partial charge in [-0.2, -0.15) is 0 Å². The molecule has 3 aromatic rings. The van der Waals surface area contributed by atoms with Gasteiger partial charge in [-0.05, 0) is 25.5 Å². The smallest absolute Gasteiger partial charge is 0.211 e. The van der Waals surface area contributed by atoms with Crippen molar-refractivity contribution in [1.29, 1.82) is 0 Å². The van der Waals surface area contributed by atoms with Crippen LogP contribution >= 0.6 is 0 Å². The molecule has 0 radical (unpaired) electrons. The third-order valence-electron chi connectivity index (χ3n) is 3.28. The lowest BCUT2D eigenvalue weighted by Crippen LogP contribution is -2.18. The molecule has 0 spiro atoms.